The van der Waals surface area contributed by atoms with E-state index in [9.17, 15) is 9.59 Å². The number of benzene rings is 2. The third-order valence-electron chi connectivity index (χ3n) is 4.11. The maximum atomic E-state index is 13.1. The molecule has 1 N–H and O–H groups in total. The van der Waals surface area contributed by atoms with Crippen LogP contribution in [-0.2, 0) is 4.79 Å². The van der Waals surface area contributed by atoms with Crippen molar-refractivity contribution >= 4 is 28.4 Å². The second-order valence-electron chi connectivity index (χ2n) is 6.42. The van der Waals surface area contributed by atoms with Gasteiger partial charge in [-0.15, -0.1) is 0 Å². The average molecular weight is 351 g/mol. The highest BCUT2D eigenvalue weighted by atomic mass is 16.5. The number of carbonyl (C=O) groups excluding carboxylic acids is 2. The lowest BCUT2D eigenvalue weighted by atomic mass is 10.0. The zero-order valence-electron chi connectivity index (χ0n) is 15.0. The number of hydrogen-bond donors (Lipinski definition) is 1. The van der Waals surface area contributed by atoms with E-state index in [0.29, 0.717) is 17.1 Å². The fourth-order valence-corrected chi connectivity index (χ4v) is 2.82. The summed E-state index contributed by atoms with van der Waals surface area (Å²) in [7, 11) is 0. The molecule has 134 valence electrons. The number of nitrogens with one attached hydrogen (secondary N) is 1. The first-order valence-electron chi connectivity index (χ1n) is 8.47. The number of hydrogen-bond acceptors (Lipinski definition) is 4. The van der Waals surface area contributed by atoms with E-state index in [4.69, 9.17) is 4.52 Å². The molecule has 0 fully saturated rings. The maximum absolute atomic E-state index is 13.1. The van der Waals surface area contributed by atoms with Gasteiger partial charge in [-0.05, 0) is 37.6 Å². The lowest BCUT2D eigenvalue weighted by Crippen LogP contribution is -2.42. The second-order valence-corrected chi connectivity index (χ2v) is 6.42. The van der Waals surface area contributed by atoms with Gasteiger partial charge >= 0.3 is 0 Å². The molecule has 1 aromatic heterocycles. The highest BCUT2D eigenvalue weighted by Gasteiger charge is 2.23. The van der Waals surface area contributed by atoms with Gasteiger partial charge in [0.25, 0.3) is 5.91 Å². The number of carbonyl (C=O) groups is 2. The SMILES string of the molecule is Cc1cc(NC(=O)CN(C(=O)c2cccc3ccccc23)C(C)C)no1. The summed E-state index contributed by atoms with van der Waals surface area (Å²) in [4.78, 5) is 27.0. The molecule has 0 aliphatic carbocycles. The van der Waals surface area contributed by atoms with E-state index in [1.54, 1.807) is 24.0 Å². The van der Waals surface area contributed by atoms with Gasteiger partial charge in [0.15, 0.2) is 5.82 Å². The van der Waals surface area contributed by atoms with E-state index < -0.39 is 0 Å². The van der Waals surface area contributed by atoms with Crippen LogP contribution in [0.15, 0.2) is 53.1 Å². The van der Waals surface area contributed by atoms with Gasteiger partial charge in [0.2, 0.25) is 5.91 Å². The van der Waals surface area contributed by atoms with Crippen LogP contribution in [0.1, 0.15) is 30.0 Å². The Labute approximate surface area is 151 Å². The summed E-state index contributed by atoms with van der Waals surface area (Å²) in [6, 6.07) is 14.8. The Balaban J connectivity index is 1.82. The van der Waals surface area contributed by atoms with Crippen LogP contribution in [0.2, 0.25) is 0 Å². The zero-order chi connectivity index (χ0) is 18.7. The molecule has 0 saturated carbocycles. The third kappa shape index (κ3) is 3.74. The molecule has 0 atom stereocenters. The van der Waals surface area contributed by atoms with Crippen molar-refractivity contribution in [2.24, 2.45) is 0 Å². The van der Waals surface area contributed by atoms with Crippen molar-refractivity contribution < 1.29 is 14.1 Å². The van der Waals surface area contributed by atoms with Crippen molar-refractivity contribution in [2.45, 2.75) is 26.8 Å². The van der Waals surface area contributed by atoms with Crippen LogP contribution in [-0.4, -0.2) is 34.5 Å². The van der Waals surface area contributed by atoms with E-state index in [1.165, 1.54) is 0 Å². The molecule has 1 heterocycles. The monoisotopic (exact) mass is 351 g/mol. The quantitative estimate of drug-likeness (QED) is 0.762. The Hall–Kier alpha value is -3.15. The van der Waals surface area contributed by atoms with Gasteiger partial charge < -0.3 is 14.7 Å². The molecule has 0 radical (unpaired) electrons. The minimum absolute atomic E-state index is 0.0639. The topological polar surface area (TPSA) is 75.4 Å². The number of amides is 2. The fourth-order valence-electron chi connectivity index (χ4n) is 2.82. The van der Waals surface area contributed by atoms with E-state index >= 15 is 0 Å². The summed E-state index contributed by atoms with van der Waals surface area (Å²) in [5.74, 6) is 0.450. The van der Waals surface area contributed by atoms with E-state index in [2.05, 4.69) is 10.5 Å². The van der Waals surface area contributed by atoms with Gasteiger partial charge in [-0.3, -0.25) is 9.59 Å². The standard InChI is InChI=1S/C20H21N3O3/c1-13(2)23(12-19(24)21-18-11-14(3)26-22-18)20(25)17-10-6-8-15-7-4-5-9-16(15)17/h4-11,13H,12H2,1-3H3,(H,21,22,24). The number of fused-ring (bicyclic) bond motifs is 1. The van der Waals surface area contributed by atoms with Crippen LogP contribution in [0.25, 0.3) is 10.8 Å². The minimum Gasteiger partial charge on any atom is -0.360 e. The Morgan fingerprint density at radius 3 is 2.58 bits per heavy atom. The first-order chi connectivity index (χ1) is 12.5. The molecule has 6 heteroatoms. The van der Waals surface area contributed by atoms with Crippen molar-refractivity contribution in [1.29, 1.82) is 0 Å². The van der Waals surface area contributed by atoms with Gasteiger partial charge in [-0.2, -0.15) is 0 Å². The average Bonchev–Trinajstić information content (AvgIpc) is 3.03. The van der Waals surface area contributed by atoms with Crippen LogP contribution in [0, 0.1) is 6.92 Å². The predicted molar refractivity (Wildman–Crippen MR) is 100.0 cm³/mol. The predicted octanol–water partition coefficient (Wildman–Crippen LogP) is 3.63. The van der Waals surface area contributed by atoms with E-state index in [-0.39, 0.29) is 24.4 Å². The molecule has 3 rings (SSSR count). The maximum Gasteiger partial charge on any atom is 0.255 e. The molecule has 2 aromatic carbocycles. The number of aryl methyl sites for hydroxylation is 1. The molecule has 0 aliphatic rings. The highest BCUT2D eigenvalue weighted by molar-refractivity contribution is 6.08. The summed E-state index contributed by atoms with van der Waals surface area (Å²) < 4.78 is 4.94. The summed E-state index contributed by atoms with van der Waals surface area (Å²) in [5, 5.41) is 8.26. The van der Waals surface area contributed by atoms with Crippen molar-refractivity contribution in [3.05, 3.63) is 59.9 Å². The number of rotatable bonds is 5. The summed E-state index contributed by atoms with van der Waals surface area (Å²) in [6.07, 6.45) is 0. The van der Waals surface area contributed by atoms with Gasteiger partial charge in [-0.25, -0.2) is 0 Å². The largest absolute Gasteiger partial charge is 0.360 e. The molecule has 0 saturated heterocycles. The van der Waals surface area contributed by atoms with Gasteiger partial charge in [0.1, 0.15) is 12.3 Å². The van der Waals surface area contributed by atoms with Crippen LogP contribution in [0.3, 0.4) is 0 Å². The lowest BCUT2D eigenvalue weighted by molar-refractivity contribution is -0.117. The number of nitrogens with zero attached hydrogens (tertiary/aromatic N) is 2. The third-order valence-corrected chi connectivity index (χ3v) is 4.11. The number of aromatic nitrogens is 1. The second kappa shape index (κ2) is 7.39. The molecule has 2 amide bonds. The van der Waals surface area contributed by atoms with Crippen molar-refractivity contribution in [1.82, 2.24) is 10.1 Å². The van der Waals surface area contributed by atoms with Crippen molar-refractivity contribution in [2.75, 3.05) is 11.9 Å². The summed E-state index contributed by atoms with van der Waals surface area (Å²) in [5.41, 5.74) is 0.585. The van der Waals surface area contributed by atoms with E-state index in [0.717, 1.165) is 10.8 Å². The normalized spacial score (nSPS) is 10.9. The van der Waals surface area contributed by atoms with Gasteiger partial charge in [0.05, 0.1) is 0 Å². The first-order valence-corrected chi connectivity index (χ1v) is 8.47. The van der Waals surface area contributed by atoms with E-state index in [1.807, 2.05) is 50.2 Å². The Morgan fingerprint density at radius 1 is 1.15 bits per heavy atom. The fraction of sp³-hybridized carbons (Fsp3) is 0.250. The molecule has 0 bridgehead atoms. The van der Waals surface area contributed by atoms with Crippen LogP contribution >= 0.6 is 0 Å². The first kappa shape index (κ1) is 17.7. The molecule has 0 unspecified atom stereocenters. The minimum atomic E-state index is -0.319. The highest BCUT2D eigenvalue weighted by Crippen LogP contribution is 2.21. The van der Waals surface area contributed by atoms with Gasteiger partial charge in [-0.1, -0.05) is 41.6 Å². The smallest absolute Gasteiger partial charge is 0.255 e. The Morgan fingerprint density at radius 2 is 1.88 bits per heavy atom. The molecule has 26 heavy (non-hydrogen) atoms. The molecule has 3 aromatic rings. The molecule has 6 nitrogen and oxygen atoms in total. The lowest BCUT2D eigenvalue weighted by Gasteiger charge is -2.26. The van der Waals surface area contributed by atoms with Crippen molar-refractivity contribution in [3.63, 3.8) is 0 Å². The van der Waals surface area contributed by atoms with Crippen LogP contribution in [0.5, 0.6) is 0 Å². The zero-order valence-corrected chi connectivity index (χ0v) is 15.0. The Kier molecular flexibility index (Phi) is 5.02. The summed E-state index contributed by atoms with van der Waals surface area (Å²) in [6.45, 7) is 5.45. The number of anilines is 1. The van der Waals surface area contributed by atoms with Crippen LogP contribution < -0.4 is 5.32 Å². The molecular weight excluding hydrogens is 330 g/mol. The van der Waals surface area contributed by atoms with Crippen LogP contribution in [0.4, 0.5) is 5.82 Å². The molecule has 0 aliphatic heterocycles. The molecular formula is C20H21N3O3. The van der Waals surface area contributed by atoms with Crippen molar-refractivity contribution in [3.8, 4) is 0 Å². The Bertz CT molecular complexity index is 941. The molecule has 0 spiro atoms. The van der Waals surface area contributed by atoms with Gasteiger partial charge in [0, 0.05) is 17.7 Å². The summed E-state index contributed by atoms with van der Waals surface area (Å²) >= 11 is 0.